The summed E-state index contributed by atoms with van der Waals surface area (Å²) in [6.07, 6.45) is -3.64. The van der Waals surface area contributed by atoms with Gasteiger partial charge in [-0.05, 0) is 61.6 Å². The minimum atomic E-state index is -4.63. The molecule has 0 radical (unpaired) electrons. The van der Waals surface area contributed by atoms with Crippen molar-refractivity contribution in [3.8, 4) is 6.07 Å². The van der Waals surface area contributed by atoms with E-state index < -0.39 is 29.6 Å². The Kier molecular flexibility index (Phi) is 7.35. The molecule has 5 nitrogen and oxygen atoms in total. The SMILES string of the molecule is Cc1cccc(C)c1C(=O)N1CCCC(C(=O)Nc2cc(C(F)(F)F)ccc2C#N)C1c1ccccc1. The molecule has 1 saturated heterocycles. The Morgan fingerprint density at radius 1 is 1.00 bits per heavy atom. The average Bonchev–Trinajstić information content (AvgIpc) is 2.88. The molecule has 4 rings (SSSR count). The summed E-state index contributed by atoms with van der Waals surface area (Å²) in [5, 5.41) is 12.0. The van der Waals surface area contributed by atoms with Crippen LogP contribution in [0.1, 0.15) is 57.1 Å². The van der Waals surface area contributed by atoms with Crippen molar-refractivity contribution in [2.24, 2.45) is 5.92 Å². The van der Waals surface area contributed by atoms with Gasteiger partial charge in [0.15, 0.2) is 0 Å². The van der Waals surface area contributed by atoms with E-state index in [0.717, 1.165) is 34.9 Å². The number of carbonyl (C=O) groups is 2. The molecular weight excluding hydrogens is 479 g/mol. The van der Waals surface area contributed by atoms with Crippen molar-refractivity contribution < 1.29 is 22.8 Å². The molecule has 2 atom stereocenters. The first-order chi connectivity index (χ1) is 17.6. The van der Waals surface area contributed by atoms with Crippen molar-refractivity contribution in [3.63, 3.8) is 0 Å². The number of hydrogen-bond acceptors (Lipinski definition) is 3. The summed E-state index contributed by atoms with van der Waals surface area (Å²) < 4.78 is 39.9. The number of likely N-dealkylation sites (tertiary alicyclic amines) is 1. The van der Waals surface area contributed by atoms with Gasteiger partial charge in [0.1, 0.15) is 6.07 Å². The fourth-order valence-corrected chi connectivity index (χ4v) is 5.00. The van der Waals surface area contributed by atoms with Crippen LogP contribution in [0.25, 0.3) is 0 Å². The van der Waals surface area contributed by atoms with Gasteiger partial charge in [-0.15, -0.1) is 0 Å². The summed E-state index contributed by atoms with van der Waals surface area (Å²) in [5.74, 6) is -1.46. The van der Waals surface area contributed by atoms with Crippen LogP contribution in [0.3, 0.4) is 0 Å². The molecule has 1 N–H and O–H groups in total. The van der Waals surface area contributed by atoms with Crippen molar-refractivity contribution in [3.05, 3.63) is 100 Å². The third-order valence-electron chi connectivity index (χ3n) is 6.79. The van der Waals surface area contributed by atoms with Gasteiger partial charge in [0.25, 0.3) is 5.91 Å². The van der Waals surface area contributed by atoms with Crippen LogP contribution in [-0.4, -0.2) is 23.3 Å². The summed E-state index contributed by atoms with van der Waals surface area (Å²) in [4.78, 5) is 29.1. The Morgan fingerprint density at radius 3 is 2.30 bits per heavy atom. The van der Waals surface area contributed by atoms with Crippen molar-refractivity contribution in [2.45, 2.75) is 38.9 Å². The molecule has 1 heterocycles. The maximum atomic E-state index is 13.8. The first kappa shape index (κ1) is 26.0. The number of nitrogens with zero attached hydrogens (tertiary/aromatic N) is 2. The minimum absolute atomic E-state index is 0.0723. The van der Waals surface area contributed by atoms with E-state index in [0.29, 0.717) is 24.9 Å². The molecule has 2 amide bonds. The van der Waals surface area contributed by atoms with Crippen LogP contribution in [-0.2, 0) is 11.0 Å². The second-order valence-corrected chi connectivity index (χ2v) is 9.23. The normalized spacial score (nSPS) is 17.7. The Balaban J connectivity index is 1.73. The van der Waals surface area contributed by atoms with E-state index in [-0.39, 0.29) is 17.2 Å². The Hall–Kier alpha value is -4.12. The largest absolute Gasteiger partial charge is 0.416 e. The zero-order valence-electron chi connectivity index (χ0n) is 20.5. The molecule has 3 aromatic rings. The molecule has 2 unspecified atom stereocenters. The number of carbonyl (C=O) groups excluding carboxylic acids is 2. The molecule has 0 spiro atoms. The minimum Gasteiger partial charge on any atom is -0.331 e. The summed E-state index contributed by atoms with van der Waals surface area (Å²) in [6.45, 7) is 4.16. The standard InChI is InChI=1S/C29H26F3N3O2/c1-18-8-6-9-19(2)25(18)28(37)35-15-7-12-23(26(35)20-10-4-3-5-11-20)27(36)34-24-16-22(29(30,31)32)14-13-21(24)17-33/h3-6,8-11,13-14,16,23,26H,7,12,15H2,1-2H3,(H,34,36). The van der Waals surface area contributed by atoms with Crippen LogP contribution >= 0.6 is 0 Å². The van der Waals surface area contributed by atoms with Crippen molar-refractivity contribution in [1.82, 2.24) is 4.90 Å². The monoisotopic (exact) mass is 505 g/mol. The van der Waals surface area contributed by atoms with Crippen molar-refractivity contribution >= 4 is 17.5 Å². The quantitative estimate of drug-likeness (QED) is 0.444. The highest BCUT2D eigenvalue weighted by atomic mass is 19.4. The molecule has 0 aromatic heterocycles. The van der Waals surface area contributed by atoms with Crippen LogP contribution in [0.5, 0.6) is 0 Å². The first-order valence-corrected chi connectivity index (χ1v) is 12.0. The maximum absolute atomic E-state index is 13.8. The molecule has 37 heavy (non-hydrogen) atoms. The van der Waals surface area contributed by atoms with E-state index in [1.807, 2.05) is 68.4 Å². The molecular formula is C29H26F3N3O2. The molecule has 1 aliphatic rings. The van der Waals surface area contributed by atoms with Gasteiger partial charge < -0.3 is 10.2 Å². The van der Waals surface area contributed by atoms with Gasteiger partial charge in [-0.3, -0.25) is 9.59 Å². The molecule has 0 bridgehead atoms. The van der Waals surface area contributed by atoms with Crippen LogP contribution in [0.2, 0.25) is 0 Å². The summed E-state index contributed by atoms with van der Waals surface area (Å²) in [7, 11) is 0. The third kappa shape index (κ3) is 5.36. The Labute approximate surface area is 213 Å². The van der Waals surface area contributed by atoms with Crippen LogP contribution in [0, 0.1) is 31.1 Å². The van der Waals surface area contributed by atoms with E-state index in [4.69, 9.17) is 0 Å². The lowest BCUT2D eigenvalue weighted by atomic mass is 9.83. The summed E-state index contributed by atoms with van der Waals surface area (Å²) in [6, 6.07) is 18.6. The number of halogens is 3. The van der Waals surface area contributed by atoms with Gasteiger partial charge in [0.2, 0.25) is 5.91 Å². The average molecular weight is 506 g/mol. The van der Waals surface area contributed by atoms with E-state index >= 15 is 0 Å². The fraction of sp³-hybridized carbons (Fsp3) is 0.276. The number of benzene rings is 3. The predicted octanol–water partition coefficient (Wildman–Crippen LogP) is 6.43. The van der Waals surface area contributed by atoms with E-state index in [1.165, 1.54) is 0 Å². The van der Waals surface area contributed by atoms with Gasteiger partial charge in [0, 0.05) is 12.1 Å². The number of nitrogens with one attached hydrogen (secondary N) is 1. The topological polar surface area (TPSA) is 73.2 Å². The van der Waals surface area contributed by atoms with Crippen LogP contribution in [0.15, 0.2) is 66.7 Å². The highest BCUT2D eigenvalue weighted by molar-refractivity contribution is 5.99. The van der Waals surface area contributed by atoms with Crippen molar-refractivity contribution in [2.75, 3.05) is 11.9 Å². The number of nitriles is 1. The third-order valence-corrected chi connectivity index (χ3v) is 6.79. The van der Waals surface area contributed by atoms with Crippen LogP contribution < -0.4 is 5.32 Å². The lowest BCUT2D eigenvalue weighted by Crippen LogP contribution is -2.46. The maximum Gasteiger partial charge on any atom is 0.416 e. The van der Waals surface area contributed by atoms with Crippen LogP contribution in [0.4, 0.5) is 18.9 Å². The summed E-state index contributed by atoms with van der Waals surface area (Å²) >= 11 is 0. The zero-order chi connectivity index (χ0) is 26.7. The van der Waals surface area contributed by atoms with E-state index in [1.54, 1.807) is 4.90 Å². The second-order valence-electron chi connectivity index (χ2n) is 9.23. The number of rotatable bonds is 4. The Morgan fingerprint density at radius 2 is 1.68 bits per heavy atom. The molecule has 190 valence electrons. The highest BCUT2D eigenvalue weighted by Gasteiger charge is 2.40. The van der Waals surface area contributed by atoms with Gasteiger partial charge in [0.05, 0.1) is 28.8 Å². The number of aryl methyl sites for hydroxylation is 2. The second kappa shape index (κ2) is 10.5. The Bertz CT molecular complexity index is 1340. The smallest absolute Gasteiger partial charge is 0.331 e. The number of hydrogen-bond donors (Lipinski definition) is 1. The molecule has 1 aliphatic heterocycles. The molecule has 3 aromatic carbocycles. The van der Waals surface area contributed by atoms with E-state index in [2.05, 4.69) is 5.32 Å². The van der Waals surface area contributed by atoms with Crippen molar-refractivity contribution in [1.29, 1.82) is 5.26 Å². The number of alkyl halides is 3. The van der Waals surface area contributed by atoms with Gasteiger partial charge in [-0.2, -0.15) is 18.4 Å². The van der Waals surface area contributed by atoms with Gasteiger partial charge >= 0.3 is 6.18 Å². The predicted molar refractivity (Wildman–Crippen MR) is 134 cm³/mol. The highest BCUT2D eigenvalue weighted by Crippen LogP contribution is 2.39. The lowest BCUT2D eigenvalue weighted by Gasteiger charge is -2.41. The summed E-state index contributed by atoms with van der Waals surface area (Å²) in [5.41, 5.74) is 1.75. The lowest BCUT2D eigenvalue weighted by molar-refractivity contribution is -0.137. The van der Waals surface area contributed by atoms with E-state index in [9.17, 15) is 28.0 Å². The molecule has 1 fully saturated rings. The number of anilines is 1. The number of amides is 2. The van der Waals surface area contributed by atoms with Gasteiger partial charge in [-0.1, -0.05) is 48.5 Å². The first-order valence-electron chi connectivity index (χ1n) is 12.0. The zero-order valence-corrected chi connectivity index (χ0v) is 20.5. The van der Waals surface area contributed by atoms with Gasteiger partial charge in [-0.25, -0.2) is 0 Å². The number of piperidine rings is 1. The molecule has 0 saturated carbocycles. The molecule has 0 aliphatic carbocycles. The molecule has 8 heteroatoms. The fourth-order valence-electron chi connectivity index (χ4n) is 5.00.